The molecule has 0 aromatic heterocycles. The molecule has 5 rings (SSSR count). The van der Waals surface area contributed by atoms with Gasteiger partial charge >= 0.3 is 6.03 Å². The van der Waals surface area contributed by atoms with Crippen molar-refractivity contribution in [3.63, 3.8) is 0 Å². The lowest BCUT2D eigenvalue weighted by atomic mass is 9.95. The lowest BCUT2D eigenvalue weighted by Gasteiger charge is -2.38. The molecule has 1 heterocycles. The van der Waals surface area contributed by atoms with Crippen LogP contribution in [0.5, 0.6) is 5.75 Å². The summed E-state index contributed by atoms with van der Waals surface area (Å²) < 4.78 is 5.58. The van der Waals surface area contributed by atoms with Crippen molar-refractivity contribution >= 4 is 34.7 Å². The fraction of sp³-hybridized carbons (Fsp3) is 0.394. The molecule has 3 N–H and O–H groups in total. The zero-order valence-electron chi connectivity index (χ0n) is 24.3. The third-order valence-corrected chi connectivity index (χ3v) is 8.12. The van der Waals surface area contributed by atoms with E-state index in [9.17, 15) is 9.59 Å². The maximum absolute atomic E-state index is 13.7. The number of piperazine rings is 1. The summed E-state index contributed by atoms with van der Waals surface area (Å²) in [5.41, 5.74) is 6.03. The van der Waals surface area contributed by atoms with Gasteiger partial charge in [0.15, 0.2) is 0 Å². The lowest BCUT2D eigenvalue weighted by Crippen LogP contribution is -2.47. The molecule has 3 amide bonds. The van der Waals surface area contributed by atoms with Crippen LogP contribution in [-0.4, -0.2) is 51.3 Å². The van der Waals surface area contributed by atoms with Crippen LogP contribution in [-0.2, 0) is 0 Å². The van der Waals surface area contributed by atoms with Crippen molar-refractivity contribution < 1.29 is 14.3 Å². The number of hydrogen-bond acceptors (Lipinski definition) is 5. The van der Waals surface area contributed by atoms with Crippen LogP contribution in [0.25, 0.3) is 0 Å². The number of hydrogen-bond donors (Lipinski definition) is 3. The molecule has 2 fully saturated rings. The van der Waals surface area contributed by atoms with Crippen molar-refractivity contribution in [3.8, 4) is 5.75 Å². The van der Waals surface area contributed by atoms with Gasteiger partial charge < -0.3 is 30.5 Å². The second-order valence-electron chi connectivity index (χ2n) is 11.1. The summed E-state index contributed by atoms with van der Waals surface area (Å²) in [4.78, 5) is 31.1. The Morgan fingerprint density at radius 3 is 2.22 bits per heavy atom. The van der Waals surface area contributed by atoms with Gasteiger partial charge in [0.2, 0.25) is 0 Å². The molecule has 1 saturated heterocycles. The van der Waals surface area contributed by atoms with Crippen LogP contribution >= 0.6 is 0 Å². The summed E-state index contributed by atoms with van der Waals surface area (Å²) in [6.07, 6.45) is 5.53. The van der Waals surface area contributed by atoms with Gasteiger partial charge in [-0.25, -0.2) is 4.79 Å². The van der Waals surface area contributed by atoms with Gasteiger partial charge in [0.25, 0.3) is 5.91 Å². The van der Waals surface area contributed by atoms with E-state index in [1.165, 1.54) is 6.42 Å². The van der Waals surface area contributed by atoms with Crippen LogP contribution in [0.3, 0.4) is 0 Å². The molecule has 3 aromatic carbocycles. The summed E-state index contributed by atoms with van der Waals surface area (Å²) in [5, 5.41) is 9.14. The number of ether oxygens (including phenoxy) is 1. The van der Waals surface area contributed by atoms with Gasteiger partial charge in [-0.15, -0.1) is 0 Å². The van der Waals surface area contributed by atoms with E-state index in [0.29, 0.717) is 11.3 Å². The third-order valence-electron chi connectivity index (χ3n) is 8.12. The molecule has 0 spiro atoms. The van der Waals surface area contributed by atoms with Crippen LogP contribution in [0.4, 0.5) is 27.5 Å². The molecule has 8 nitrogen and oxygen atoms in total. The summed E-state index contributed by atoms with van der Waals surface area (Å²) in [6, 6.07) is 19.5. The average Bonchev–Trinajstić information content (AvgIpc) is 2.99. The highest BCUT2D eigenvalue weighted by atomic mass is 16.5. The van der Waals surface area contributed by atoms with E-state index in [0.717, 1.165) is 85.8 Å². The third kappa shape index (κ3) is 6.93. The van der Waals surface area contributed by atoms with Gasteiger partial charge in [0.1, 0.15) is 5.75 Å². The number of carbonyl (C=O) groups is 2. The molecule has 1 aliphatic heterocycles. The molecule has 0 radical (unpaired) electrons. The van der Waals surface area contributed by atoms with E-state index in [1.807, 2.05) is 68.4 Å². The maximum Gasteiger partial charge on any atom is 0.323 e. The number of rotatable bonds is 7. The fourth-order valence-electron chi connectivity index (χ4n) is 5.90. The van der Waals surface area contributed by atoms with Crippen molar-refractivity contribution in [1.82, 2.24) is 5.32 Å². The minimum absolute atomic E-state index is 0.0857. The zero-order chi connectivity index (χ0) is 28.8. The van der Waals surface area contributed by atoms with Gasteiger partial charge in [-0.05, 0) is 68.7 Å². The number of urea groups is 1. The largest absolute Gasteiger partial charge is 0.495 e. The number of methoxy groups -OCH3 is 1. The second-order valence-corrected chi connectivity index (χ2v) is 11.1. The Kier molecular flexibility index (Phi) is 8.97. The standard InChI is InChI=1S/C33H41N5O3/c1-23-13-15-28(24(2)21-23)36-33(40)35-26-14-16-29(27(22-26)32(39)34-25-9-5-4-6-10-25)37-17-19-38(20-18-37)30-11-7-8-12-31(30)41-3/h7-8,11-16,21-22,25H,4-6,9-10,17-20H2,1-3H3,(H,34,39)(H2,35,36,40). The summed E-state index contributed by atoms with van der Waals surface area (Å²) in [5.74, 6) is 0.778. The average molecular weight is 556 g/mol. The Morgan fingerprint density at radius 2 is 1.51 bits per heavy atom. The first-order valence-electron chi connectivity index (χ1n) is 14.6. The van der Waals surface area contributed by atoms with Gasteiger partial charge in [0, 0.05) is 49.3 Å². The van der Waals surface area contributed by atoms with Crippen LogP contribution in [0.2, 0.25) is 0 Å². The zero-order valence-corrected chi connectivity index (χ0v) is 24.3. The minimum atomic E-state index is -0.339. The van der Waals surface area contributed by atoms with E-state index in [4.69, 9.17) is 4.74 Å². The number of para-hydroxylation sites is 2. The predicted molar refractivity (Wildman–Crippen MR) is 167 cm³/mol. The Morgan fingerprint density at radius 1 is 0.805 bits per heavy atom. The Hall–Kier alpha value is -4.20. The first-order chi connectivity index (χ1) is 19.9. The van der Waals surface area contributed by atoms with Crippen molar-refractivity contribution in [2.45, 2.75) is 52.0 Å². The molecular weight excluding hydrogens is 514 g/mol. The highest BCUT2D eigenvalue weighted by Gasteiger charge is 2.25. The van der Waals surface area contributed by atoms with Crippen LogP contribution < -0.4 is 30.5 Å². The predicted octanol–water partition coefficient (Wildman–Crippen LogP) is 6.35. The van der Waals surface area contributed by atoms with E-state index < -0.39 is 0 Å². The minimum Gasteiger partial charge on any atom is -0.495 e. The van der Waals surface area contributed by atoms with Crippen molar-refractivity contribution in [2.24, 2.45) is 0 Å². The highest BCUT2D eigenvalue weighted by Crippen LogP contribution is 2.31. The smallest absolute Gasteiger partial charge is 0.323 e. The van der Waals surface area contributed by atoms with Gasteiger partial charge in [-0.1, -0.05) is 49.1 Å². The molecular formula is C33H41N5O3. The number of anilines is 4. The Balaban J connectivity index is 1.33. The van der Waals surface area contributed by atoms with Crippen molar-refractivity contribution in [3.05, 3.63) is 77.4 Å². The van der Waals surface area contributed by atoms with Crippen molar-refractivity contribution in [1.29, 1.82) is 0 Å². The van der Waals surface area contributed by atoms with E-state index >= 15 is 0 Å². The van der Waals surface area contributed by atoms with E-state index in [2.05, 4.69) is 31.8 Å². The fourth-order valence-corrected chi connectivity index (χ4v) is 5.90. The Bertz CT molecular complexity index is 1380. The highest BCUT2D eigenvalue weighted by molar-refractivity contribution is 6.04. The molecule has 3 aromatic rings. The maximum atomic E-state index is 13.7. The summed E-state index contributed by atoms with van der Waals surface area (Å²) in [7, 11) is 1.70. The Labute approximate surface area is 243 Å². The number of nitrogens with one attached hydrogen (secondary N) is 3. The number of nitrogens with zero attached hydrogens (tertiary/aromatic N) is 2. The van der Waals surface area contributed by atoms with E-state index in [1.54, 1.807) is 7.11 Å². The molecule has 8 heteroatoms. The van der Waals surface area contributed by atoms with Crippen LogP contribution in [0.15, 0.2) is 60.7 Å². The molecule has 1 saturated carbocycles. The summed E-state index contributed by atoms with van der Waals surface area (Å²) >= 11 is 0. The van der Waals surface area contributed by atoms with E-state index in [-0.39, 0.29) is 18.0 Å². The second kappa shape index (κ2) is 13.0. The number of amides is 3. The monoisotopic (exact) mass is 555 g/mol. The topological polar surface area (TPSA) is 85.9 Å². The molecule has 0 atom stereocenters. The molecule has 2 aliphatic rings. The molecule has 41 heavy (non-hydrogen) atoms. The van der Waals surface area contributed by atoms with Gasteiger partial charge in [-0.2, -0.15) is 0 Å². The van der Waals surface area contributed by atoms with Gasteiger partial charge in [-0.3, -0.25) is 4.79 Å². The number of benzene rings is 3. The molecule has 0 unspecified atom stereocenters. The first-order valence-corrected chi connectivity index (χ1v) is 14.6. The molecule has 1 aliphatic carbocycles. The number of aryl methyl sites for hydroxylation is 2. The van der Waals surface area contributed by atoms with Crippen LogP contribution in [0.1, 0.15) is 53.6 Å². The van der Waals surface area contributed by atoms with Crippen molar-refractivity contribution in [2.75, 3.05) is 53.7 Å². The SMILES string of the molecule is COc1ccccc1N1CCN(c2ccc(NC(=O)Nc3ccc(C)cc3C)cc2C(=O)NC2CCCCC2)CC1. The first kappa shape index (κ1) is 28.3. The molecule has 216 valence electrons. The normalized spacial score (nSPS) is 15.8. The summed E-state index contributed by atoms with van der Waals surface area (Å²) in [6.45, 7) is 7.14. The quantitative estimate of drug-likeness (QED) is 0.317. The lowest BCUT2D eigenvalue weighted by molar-refractivity contribution is 0.0928. The van der Waals surface area contributed by atoms with Crippen LogP contribution in [0, 0.1) is 13.8 Å². The molecule has 0 bridgehead atoms. The number of carbonyl (C=O) groups excluding carboxylic acids is 2. The van der Waals surface area contributed by atoms with Gasteiger partial charge in [0.05, 0.1) is 18.4 Å².